The number of imidazole rings is 2. The molecule has 0 radical (unpaired) electrons. The normalized spacial score (nSPS) is 13.7. The van der Waals surface area contributed by atoms with Gasteiger partial charge in [0.1, 0.15) is 11.5 Å². The van der Waals surface area contributed by atoms with Crippen molar-refractivity contribution in [3.05, 3.63) is 187 Å². The molecule has 0 atom stereocenters. The summed E-state index contributed by atoms with van der Waals surface area (Å²) in [6.07, 6.45) is 0. The van der Waals surface area contributed by atoms with Crippen LogP contribution in [0.25, 0.3) is 33.5 Å². The summed E-state index contributed by atoms with van der Waals surface area (Å²) in [5.74, 6) is 3.52. The average Bonchev–Trinajstić information content (AvgIpc) is 3.76. The SMILES string of the molecule is CC(C)C1(C(C)C)c2ccccc2Oc2c1cccc2[Si](c1ccccc1)(c1ccccc1)c1cccc(-n2c3ccccc3n3c4ccccc4nc23)c1. The zero-order valence-corrected chi connectivity index (χ0v) is 32.6. The average molecular weight is 730 g/mol. The van der Waals surface area contributed by atoms with E-state index in [4.69, 9.17) is 9.72 Å². The Morgan fingerprint density at radius 1 is 0.527 bits per heavy atom. The highest BCUT2D eigenvalue weighted by Crippen LogP contribution is 2.55. The summed E-state index contributed by atoms with van der Waals surface area (Å²) in [6, 6.07) is 64.5. The number of aromatic nitrogens is 3. The van der Waals surface area contributed by atoms with Crippen molar-refractivity contribution < 1.29 is 4.74 Å². The molecular weight excluding hydrogens is 687 g/mol. The monoisotopic (exact) mass is 729 g/mol. The molecule has 1 aliphatic heterocycles. The maximum absolute atomic E-state index is 7.30. The number of rotatable bonds is 7. The fourth-order valence-corrected chi connectivity index (χ4v) is 15.1. The molecule has 0 fully saturated rings. The van der Waals surface area contributed by atoms with Gasteiger partial charge < -0.3 is 4.74 Å². The molecule has 0 unspecified atom stereocenters. The molecule has 0 N–H and O–H groups in total. The van der Waals surface area contributed by atoms with Crippen LogP contribution in [0.4, 0.5) is 0 Å². The first-order valence-electron chi connectivity index (χ1n) is 19.5. The lowest BCUT2D eigenvalue weighted by Gasteiger charge is -2.48. The van der Waals surface area contributed by atoms with Crippen LogP contribution in [-0.2, 0) is 5.41 Å². The van der Waals surface area contributed by atoms with Gasteiger partial charge in [0.15, 0.2) is 8.07 Å². The topological polar surface area (TPSA) is 31.5 Å². The lowest BCUT2D eigenvalue weighted by molar-refractivity contribution is 0.245. The molecule has 0 bridgehead atoms. The highest BCUT2D eigenvalue weighted by molar-refractivity contribution is 7.20. The van der Waals surface area contributed by atoms with Crippen LogP contribution in [0, 0.1) is 11.8 Å². The van der Waals surface area contributed by atoms with Crippen molar-refractivity contribution in [1.29, 1.82) is 0 Å². The maximum atomic E-state index is 7.30. The Bertz CT molecular complexity index is 2820. The summed E-state index contributed by atoms with van der Waals surface area (Å²) < 4.78 is 11.9. The van der Waals surface area contributed by atoms with E-state index in [1.54, 1.807) is 0 Å². The minimum atomic E-state index is -3.11. The number of fused-ring (bicyclic) bond motifs is 7. The molecule has 4 nitrogen and oxygen atoms in total. The van der Waals surface area contributed by atoms with E-state index in [9.17, 15) is 0 Å². The zero-order chi connectivity index (χ0) is 37.3. The molecule has 9 aromatic rings. The van der Waals surface area contributed by atoms with Gasteiger partial charge in [-0.1, -0.05) is 161 Å². The number of ether oxygens (including phenoxy) is 1. The second kappa shape index (κ2) is 12.7. The smallest absolute Gasteiger partial charge is 0.220 e. The van der Waals surface area contributed by atoms with Crippen molar-refractivity contribution in [3.8, 4) is 17.2 Å². The van der Waals surface area contributed by atoms with E-state index in [0.717, 1.165) is 45.0 Å². The van der Waals surface area contributed by atoms with Crippen LogP contribution in [0.1, 0.15) is 38.8 Å². The Hall–Kier alpha value is -6.17. The van der Waals surface area contributed by atoms with Gasteiger partial charge >= 0.3 is 0 Å². The van der Waals surface area contributed by atoms with Crippen LogP contribution >= 0.6 is 0 Å². The van der Waals surface area contributed by atoms with E-state index in [1.165, 1.54) is 31.9 Å². The Morgan fingerprint density at radius 3 is 1.80 bits per heavy atom. The molecule has 55 heavy (non-hydrogen) atoms. The van der Waals surface area contributed by atoms with Crippen molar-refractivity contribution >= 4 is 56.7 Å². The Morgan fingerprint density at radius 2 is 1.09 bits per heavy atom. The van der Waals surface area contributed by atoms with Crippen molar-refractivity contribution in [2.24, 2.45) is 11.8 Å². The van der Waals surface area contributed by atoms with E-state index in [-0.39, 0.29) is 5.41 Å². The van der Waals surface area contributed by atoms with Gasteiger partial charge in [0.25, 0.3) is 0 Å². The second-order valence-electron chi connectivity index (χ2n) is 15.6. The third-order valence-corrected chi connectivity index (χ3v) is 17.1. The molecule has 0 aliphatic carbocycles. The van der Waals surface area contributed by atoms with Crippen molar-refractivity contribution in [2.45, 2.75) is 33.1 Å². The van der Waals surface area contributed by atoms with Crippen LogP contribution < -0.4 is 25.5 Å². The van der Waals surface area contributed by atoms with Crippen molar-refractivity contribution in [3.63, 3.8) is 0 Å². The summed E-state index contributed by atoms with van der Waals surface area (Å²) >= 11 is 0. The molecule has 1 aliphatic rings. The minimum absolute atomic E-state index is 0.242. The number of hydrogen-bond donors (Lipinski definition) is 0. The van der Waals surface area contributed by atoms with Gasteiger partial charge in [-0.15, -0.1) is 0 Å². The number of nitrogens with zero attached hydrogens (tertiary/aromatic N) is 3. The fraction of sp³-hybridized carbons (Fsp3) is 0.140. The van der Waals surface area contributed by atoms with Crippen molar-refractivity contribution in [1.82, 2.24) is 14.0 Å². The van der Waals surface area contributed by atoms with E-state index < -0.39 is 8.07 Å². The lowest BCUT2D eigenvalue weighted by atomic mass is 9.59. The van der Waals surface area contributed by atoms with Crippen LogP contribution in [0.2, 0.25) is 0 Å². The summed E-state index contributed by atoms with van der Waals surface area (Å²) in [4.78, 5) is 5.24. The molecule has 10 rings (SSSR count). The molecule has 5 heteroatoms. The predicted octanol–water partition coefficient (Wildman–Crippen LogP) is 9.51. The summed E-state index contributed by atoms with van der Waals surface area (Å²) in [7, 11) is -3.11. The molecular formula is C50H43N3OSi. The van der Waals surface area contributed by atoms with E-state index in [2.05, 4.69) is 213 Å². The molecule has 0 saturated carbocycles. The highest BCUT2D eigenvalue weighted by Gasteiger charge is 2.51. The van der Waals surface area contributed by atoms with Gasteiger partial charge in [0.2, 0.25) is 5.78 Å². The molecule has 0 amide bonds. The molecule has 7 aromatic carbocycles. The first-order chi connectivity index (χ1) is 27.0. The van der Waals surface area contributed by atoms with E-state index in [0.29, 0.717) is 11.8 Å². The van der Waals surface area contributed by atoms with E-state index in [1.807, 2.05) is 0 Å². The largest absolute Gasteiger partial charge is 0.457 e. The predicted molar refractivity (Wildman–Crippen MR) is 230 cm³/mol. The highest BCUT2D eigenvalue weighted by atomic mass is 28.3. The maximum Gasteiger partial charge on any atom is 0.220 e. The van der Waals surface area contributed by atoms with Gasteiger partial charge in [-0.2, -0.15) is 0 Å². The van der Waals surface area contributed by atoms with Gasteiger partial charge in [0.05, 0.1) is 22.1 Å². The van der Waals surface area contributed by atoms with Crippen LogP contribution in [0.3, 0.4) is 0 Å². The van der Waals surface area contributed by atoms with Gasteiger partial charge in [-0.05, 0) is 75.0 Å². The Labute approximate surface area is 323 Å². The summed E-state index contributed by atoms with van der Waals surface area (Å²) in [5.41, 5.74) is 7.73. The Kier molecular flexibility index (Phi) is 7.72. The third kappa shape index (κ3) is 4.66. The number of benzene rings is 7. The third-order valence-electron chi connectivity index (χ3n) is 12.3. The quantitative estimate of drug-likeness (QED) is 0.121. The van der Waals surface area contributed by atoms with Crippen molar-refractivity contribution in [2.75, 3.05) is 0 Å². The first kappa shape index (κ1) is 33.4. The van der Waals surface area contributed by atoms with Gasteiger partial charge in [-0.3, -0.25) is 8.97 Å². The summed E-state index contributed by atoms with van der Waals surface area (Å²) in [6.45, 7) is 9.51. The van der Waals surface area contributed by atoms with Crippen LogP contribution in [0.5, 0.6) is 11.5 Å². The van der Waals surface area contributed by atoms with Crippen LogP contribution in [0.15, 0.2) is 176 Å². The first-order valence-corrected chi connectivity index (χ1v) is 21.5. The molecule has 3 heterocycles. The molecule has 0 saturated heterocycles. The molecule has 2 aromatic heterocycles. The number of para-hydroxylation sites is 6. The zero-order valence-electron chi connectivity index (χ0n) is 31.6. The van der Waals surface area contributed by atoms with Gasteiger partial charge in [0, 0.05) is 22.2 Å². The van der Waals surface area contributed by atoms with E-state index >= 15 is 0 Å². The molecule has 268 valence electrons. The Balaban J connectivity index is 1.32. The standard InChI is InChI=1S/C50H43N3OSi/c1-34(2)50(35(3)4)40-25-11-16-31-46(40)54-48-41(50)26-18-32-47(48)55(37-20-7-5-8-21-37,38-22-9-6-10-23-38)39-24-17-19-36(33-39)52-44-29-14-15-30-45(44)53-43-28-13-12-27-42(43)51-49(52)53/h5-35H,1-4H3. The summed E-state index contributed by atoms with van der Waals surface area (Å²) in [5, 5.41) is 5.16. The lowest BCUT2D eigenvalue weighted by Crippen LogP contribution is -2.75. The number of hydrogen-bond acceptors (Lipinski definition) is 2. The van der Waals surface area contributed by atoms with Crippen LogP contribution in [-0.4, -0.2) is 22.0 Å². The fourth-order valence-electron chi connectivity index (χ4n) is 10.2. The second-order valence-corrected chi connectivity index (χ2v) is 19.3. The molecule has 0 spiro atoms. The minimum Gasteiger partial charge on any atom is -0.457 e. The van der Waals surface area contributed by atoms with Gasteiger partial charge in [-0.25, -0.2) is 4.98 Å².